The van der Waals surface area contributed by atoms with Crippen LogP contribution in [0.3, 0.4) is 0 Å². The normalized spacial score (nSPS) is 16.2. The average Bonchev–Trinajstić information content (AvgIpc) is 2.79. The van der Waals surface area contributed by atoms with Crippen molar-refractivity contribution in [2.24, 2.45) is 5.10 Å². The Kier molecular flexibility index (Phi) is 6.30. The number of benzene rings is 3. The van der Waals surface area contributed by atoms with Crippen molar-refractivity contribution < 1.29 is 9.53 Å². The maximum atomic E-state index is 12.3. The standard InChI is InChI=1S/C23H20Cl2N4O2/c1-31-18-9-2-14(3-10-18)21-13-22(19-12-16(25)6-11-20(19)27-21)28-29-23(30)26-17-7-4-15(24)5-8-17/h2-12,21,27H,13H2,1H3,(H2,26,29,30). The Bertz CT molecular complexity index is 1120. The van der Waals surface area contributed by atoms with Gasteiger partial charge in [0.15, 0.2) is 0 Å². The lowest BCUT2D eigenvalue weighted by Crippen LogP contribution is -2.29. The Hall–Kier alpha value is -3.22. The second-order valence-corrected chi connectivity index (χ2v) is 7.87. The van der Waals surface area contributed by atoms with Crippen molar-refractivity contribution in [3.05, 3.63) is 87.9 Å². The summed E-state index contributed by atoms with van der Waals surface area (Å²) in [7, 11) is 1.64. The second kappa shape index (κ2) is 9.29. The molecule has 0 saturated carbocycles. The number of fused-ring (bicyclic) bond motifs is 1. The number of hydrogen-bond donors (Lipinski definition) is 3. The third-order valence-corrected chi connectivity index (χ3v) is 5.42. The molecule has 1 aliphatic rings. The largest absolute Gasteiger partial charge is 0.497 e. The van der Waals surface area contributed by atoms with Gasteiger partial charge in [0.2, 0.25) is 0 Å². The molecule has 1 atom stereocenters. The van der Waals surface area contributed by atoms with E-state index >= 15 is 0 Å². The van der Waals surface area contributed by atoms with Crippen LogP contribution in [-0.2, 0) is 0 Å². The highest BCUT2D eigenvalue weighted by Gasteiger charge is 2.25. The van der Waals surface area contributed by atoms with Crippen LogP contribution >= 0.6 is 23.2 Å². The molecule has 6 nitrogen and oxygen atoms in total. The summed E-state index contributed by atoms with van der Waals surface area (Å²) in [5, 5.41) is 11.8. The van der Waals surface area contributed by atoms with Crippen molar-refractivity contribution in [3.8, 4) is 5.75 Å². The van der Waals surface area contributed by atoms with E-state index in [0.717, 1.165) is 28.3 Å². The van der Waals surface area contributed by atoms with E-state index in [4.69, 9.17) is 27.9 Å². The summed E-state index contributed by atoms with van der Waals surface area (Å²) in [6, 6.07) is 19.8. The minimum Gasteiger partial charge on any atom is -0.497 e. The molecule has 1 heterocycles. The zero-order valence-corrected chi connectivity index (χ0v) is 18.2. The molecular formula is C23H20Cl2N4O2. The molecule has 0 bridgehead atoms. The lowest BCUT2D eigenvalue weighted by molar-refractivity contribution is 0.252. The Morgan fingerprint density at radius 2 is 1.74 bits per heavy atom. The zero-order valence-electron chi connectivity index (χ0n) is 16.7. The van der Waals surface area contributed by atoms with Gasteiger partial charge in [-0.3, -0.25) is 0 Å². The van der Waals surface area contributed by atoms with Gasteiger partial charge < -0.3 is 15.4 Å². The number of anilines is 2. The molecule has 1 aliphatic heterocycles. The van der Waals surface area contributed by atoms with Gasteiger partial charge in [0.05, 0.1) is 18.9 Å². The molecule has 3 aromatic carbocycles. The van der Waals surface area contributed by atoms with Gasteiger partial charge in [-0.1, -0.05) is 35.3 Å². The molecule has 0 aromatic heterocycles. The SMILES string of the molecule is COc1ccc(C2CC(=NNC(=O)Nc3ccc(Cl)cc3)c3cc(Cl)ccc3N2)cc1. The fourth-order valence-corrected chi connectivity index (χ4v) is 3.68. The number of nitrogens with zero attached hydrogens (tertiary/aromatic N) is 1. The van der Waals surface area contributed by atoms with Crippen LogP contribution in [0.5, 0.6) is 5.75 Å². The molecule has 1 unspecified atom stereocenters. The third kappa shape index (κ3) is 5.10. The summed E-state index contributed by atoms with van der Waals surface area (Å²) in [6.45, 7) is 0. The first kappa shape index (κ1) is 21.0. The maximum Gasteiger partial charge on any atom is 0.339 e. The van der Waals surface area contributed by atoms with E-state index in [1.807, 2.05) is 42.5 Å². The summed E-state index contributed by atoms with van der Waals surface area (Å²) in [4.78, 5) is 12.3. The van der Waals surface area contributed by atoms with E-state index in [9.17, 15) is 4.79 Å². The molecule has 0 saturated heterocycles. The number of carbonyl (C=O) groups excluding carboxylic acids is 1. The summed E-state index contributed by atoms with van der Waals surface area (Å²) in [6.07, 6.45) is 0.570. The van der Waals surface area contributed by atoms with Gasteiger partial charge in [-0.2, -0.15) is 5.10 Å². The van der Waals surface area contributed by atoms with Crippen LogP contribution in [0.15, 0.2) is 71.8 Å². The number of halogens is 2. The molecule has 0 aliphatic carbocycles. The van der Waals surface area contributed by atoms with Crippen molar-refractivity contribution in [1.82, 2.24) is 5.43 Å². The smallest absolute Gasteiger partial charge is 0.339 e. The lowest BCUT2D eigenvalue weighted by Gasteiger charge is -2.28. The first-order valence-corrected chi connectivity index (χ1v) is 10.4. The van der Waals surface area contributed by atoms with Gasteiger partial charge in [-0.25, -0.2) is 10.2 Å². The fourth-order valence-electron chi connectivity index (χ4n) is 3.38. The van der Waals surface area contributed by atoms with Crippen LogP contribution < -0.4 is 20.8 Å². The molecule has 3 aromatic rings. The number of urea groups is 1. The van der Waals surface area contributed by atoms with E-state index in [2.05, 4.69) is 21.2 Å². The highest BCUT2D eigenvalue weighted by Crippen LogP contribution is 2.35. The van der Waals surface area contributed by atoms with Crippen LogP contribution in [0.1, 0.15) is 23.6 Å². The van der Waals surface area contributed by atoms with Crippen LogP contribution in [0.4, 0.5) is 16.2 Å². The predicted octanol–water partition coefficient (Wildman–Crippen LogP) is 6.08. The maximum absolute atomic E-state index is 12.3. The van der Waals surface area contributed by atoms with E-state index in [-0.39, 0.29) is 6.04 Å². The second-order valence-electron chi connectivity index (χ2n) is 7.00. The van der Waals surface area contributed by atoms with Crippen LogP contribution in [0.2, 0.25) is 10.0 Å². The van der Waals surface area contributed by atoms with Gasteiger partial charge in [0.1, 0.15) is 5.75 Å². The number of methoxy groups -OCH3 is 1. The number of hydrogen-bond acceptors (Lipinski definition) is 4. The molecule has 8 heteroatoms. The Morgan fingerprint density at radius 3 is 2.45 bits per heavy atom. The monoisotopic (exact) mass is 454 g/mol. The lowest BCUT2D eigenvalue weighted by atomic mass is 9.92. The summed E-state index contributed by atoms with van der Waals surface area (Å²) in [5.41, 5.74) is 6.76. The topological polar surface area (TPSA) is 74.8 Å². The summed E-state index contributed by atoms with van der Waals surface area (Å²) >= 11 is 12.1. The van der Waals surface area contributed by atoms with Crippen LogP contribution in [0, 0.1) is 0 Å². The third-order valence-electron chi connectivity index (χ3n) is 4.93. The Morgan fingerprint density at radius 1 is 1.03 bits per heavy atom. The first-order chi connectivity index (χ1) is 15.0. The van der Waals surface area contributed by atoms with Gasteiger partial charge in [0, 0.05) is 33.4 Å². The predicted molar refractivity (Wildman–Crippen MR) is 126 cm³/mol. The van der Waals surface area contributed by atoms with Crippen LogP contribution in [-0.4, -0.2) is 18.9 Å². The number of rotatable bonds is 4. The van der Waals surface area contributed by atoms with Crippen LogP contribution in [0.25, 0.3) is 0 Å². The van der Waals surface area contributed by atoms with Gasteiger partial charge in [-0.15, -0.1) is 0 Å². The van der Waals surface area contributed by atoms with Crippen molar-refractivity contribution in [2.45, 2.75) is 12.5 Å². The molecule has 0 fully saturated rings. The highest BCUT2D eigenvalue weighted by atomic mass is 35.5. The molecule has 0 radical (unpaired) electrons. The minimum atomic E-state index is -0.446. The van der Waals surface area contributed by atoms with Crippen molar-refractivity contribution in [3.63, 3.8) is 0 Å². The van der Waals surface area contributed by atoms with E-state index < -0.39 is 6.03 Å². The molecule has 0 spiro atoms. The fraction of sp³-hybridized carbons (Fsp3) is 0.130. The number of amides is 2. The number of hydrazone groups is 1. The van der Waals surface area contributed by atoms with Crippen molar-refractivity contribution in [2.75, 3.05) is 17.7 Å². The number of ether oxygens (including phenoxy) is 1. The van der Waals surface area contributed by atoms with Crippen molar-refractivity contribution in [1.29, 1.82) is 0 Å². The Labute approximate surface area is 190 Å². The summed E-state index contributed by atoms with van der Waals surface area (Å²) in [5.74, 6) is 0.793. The highest BCUT2D eigenvalue weighted by molar-refractivity contribution is 6.31. The van der Waals surface area contributed by atoms with E-state index in [0.29, 0.717) is 22.2 Å². The first-order valence-electron chi connectivity index (χ1n) is 9.61. The van der Waals surface area contributed by atoms with Gasteiger partial charge in [0.25, 0.3) is 0 Å². The summed E-state index contributed by atoms with van der Waals surface area (Å²) < 4.78 is 5.25. The molecule has 2 amide bonds. The molecular weight excluding hydrogens is 435 g/mol. The van der Waals surface area contributed by atoms with Gasteiger partial charge in [-0.05, 0) is 60.2 Å². The average molecular weight is 455 g/mol. The zero-order chi connectivity index (χ0) is 21.8. The van der Waals surface area contributed by atoms with Gasteiger partial charge >= 0.3 is 6.03 Å². The molecule has 4 rings (SSSR count). The molecule has 3 N–H and O–H groups in total. The van der Waals surface area contributed by atoms with E-state index in [1.165, 1.54) is 0 Å². The number of carbonyl (C=O) groups is 1. The van der Waals surface area contributed by atoms with Crippen molar-refractivity contribution >= 4 is 46.3 Å². The quantitative estimate of drug-likeness (QED) is 0.417. The molecule has 31 heavy (non-hydrogen) atoms. The Balaban J connectivity index is 1.55. The van der Waals surface area contributed by atoms with E-state index in [1.54, 1.807) is 31.4 Å². The molecule has 158 valence electrons. The number of nitrogens with one attached hydrogen (secondary N) is 3. The minimum absolute atomic E-state index is 0.0144.